The SMILES string of the molecule is CCOC(=O)C(OCC1CCN(C(C)C)CC1)(C(=O)OCC)C(N)CCC(=O)OC(C)(C)C. The third-order valence-electron chi connectivity index (χ3n) is 5.69. The lowest BCUT2D eigenvalue weighted by molar-refractivity contribution is -0.197. The van der Waals surface area contributed by atoms with Gasteiger partial charge in [0, 0.05) is 12.5 Å². The highest BCUT2D eigenvalue weighted by Crippen LogP contribution is 2.27. The van der Waals surface area contributed by atoms with E-state index in [1.165, 1.54) is 0 Å². The van der Waals surface area contributed by atoms with Crippen molar-refractivity contribution < 1.29 is 33.3 Å². The first-order valence-electron chi connectivity index (χ1n) is 12.1. The fraction of sp³-hybridized carbons (Fsp3) is 0.875. The van der Waals surface area contributed by atoms with Crippen LogP contribution in [0.1, 0.15) is 74.1 Å². The van der Waals surface area contributed by atoms with E-state index in [-0.39, 0.29) is 38.6 Å². The minimum absolute atomic E-state index is 0.00165. The second-order valence-electron chi connectivity index (χ2n) is 9.79. The Bertz CT molecular complexity index is 619. The van der Waals surface area contributed by atoms with Crippen LogP contribution in [0, 0.1) is 5.92 Å². The van der Waals surface area contributed by atoms with Crippen molar-refractivity contribution in [1.82, 2.24) is 4.90 Å². The van der Waals surface area contributed by atoms with Gasteiger partial charge in [0.1, 0.15) is 5.60 Å². The number of esters is 3. The van der Waals surface area contributed by atoms with Crippen molar-refractivity contribution >= 4 is 17.9 Å². The summed E-state index contributed by atoms with van der Waals surface area (Å²) in [5.74, 6) is -2.08. The van der Waals surface area contributed by atoms with Crippen LogP contribution < -0.4 is 5.73 Å². The molecule has 1 saturated heterocycles. The number of carbonyl (C=O) groups excluding carboxylic acids is 3. The summed E-state index contributed by atoms with van der Waals surface area (Å²) in [5, 5.41) is 0. The van der Waals surface area contributed by atoms with Gasteiger partial charge in [-0.05, 0) is 86.7 Å². The molecule has 0 bridgehead atoms. The molecule has 2 N–H and O–H groups in total. The second-order valence-corrected chi connectivity index (χ2v) is 9.79. The molecule has 0 aliphatic carbocycles. The zero-order chi connectivity index (χ0) is 25.2. The molecule has 0 aromatic carbocycles. The van der Waals surface area contributed by atoms with Gasteiger partial charge in [-0.3, -0.25) is 4.79 Å². The largest absolute Gasteiger partial charge is 0.463 e. The molecule has 192 valence electrons. The van der Waals surface area contributed by atoms with Crippen LogP contribution in [0.3, 0.4) is 0 Å². The van der Waals surface area contributed by atoms with E-state index in [1.54, 1.807) is 34.6 Å². The Balaban J connectivity index is 3.03. The minimum Gasteiger partial charge on any atom is -0.463 e. The van der Waals surface area contributed by atoms with Crippen LogP contribution in [0.5, 0.6) is 0 Å². The summed E-state index contributed by atoms with van der Waals surface area (Å²) in [7, 11) is 0. The number of hydrogen-bond donors (Lipinski definition) is 1. The topological polar surface area (TPSA) is 117 Å². The molecule has 9 nitrogen and oxygen atoms in total. The van der Waals surface area contributed by atoms with Crippen LogP contribution in [0.15, 0.2) is 0 Å². The summed E-state index contributed by atoms with van der Waals surface area (Å²) >= 11 is 0. The average Bonchev–Trinajstić information content (AvgIpc) is 2.72. The van der Waals surface area contributed by atoms with E-state index in [9.17, 15) is 14.4 Å². The van der Waals surface area contributed by atoms with Crippen LogP contribution in [0.25, 0.3) is 0 Å². The Kier molecular flexibility index (Phi) is 11.8. The molecule has 0 spiro atoms. The first-order chi connectivity index (χ1) is 15.4. The fourth-order valence-electron chi connectivity index (χ4n) is 3.84. The second kappa shape index (κ2) is 13.2. The van der Waals surface area contributed by atoms with Crippen LogP contribution in [-0.4, -0.2) is 79.0 Å². The van der Waals surface area contributed by atoms with Gasteiger partial charge in [-0.25, -0.2) is 9.59 Å². The lowest BCUT2D eigenvalue weighted by Gasteiger charge is -2.38. The molecular weight excluding hydrogens is 428 g/mol. The summed E-state index contributed by atoms with van der Waals surface area (Å²) in [4.78, 5) is 40.7. The molecule has 0 aromatic rings. The zero-order valence-electron chi connectivity index (χ0n) is 21.5. The molecule has 1 rings (SSSR count). The first kappa shape index (κ1) is 29.3. The maximum Gasteiger partial charge on any atom is 0.352 e. The fourth-order valence-corrected chi connectivity index (χ4v) is 3.84. The molecule has 1 atom stereocenters. The van der Waals surface area contributed by atoms with E-state index in [2.05, 4.69) is 18.7 Å². The standard InChI is InChI=1S/C24H44N2O7/c1-8-30-21(28)24(22(29)31-9-2,19(25)10-11-20(27)33-23(5,6)7)32-16-18-12-14-26(15-13-18)17(3)4/h17-19H,8-16,25H2,1-7H3. The first-order valence-corrected chi connectivity index (χ1v) is 12.1. The third kappa shape index (κ3) is 8.87. The van der Waals surface area contributed by atoms with Crippen molar-refractivity contribution in [2.75, 3.05) is 32.9 Å². The van der Waals surface area contributed by atoms with E-state index in [0.717, 1.165) is 25.9 Å². The molecule has 1 unspecified atom stereocenters. The maximum atomic E-state index is 13.1. The van der Waals surface area contributed by atoms with Crippen molar-refractivity contribution in [2.45, 2.75) is 97.4 Å². The van der Waals surface area contributed by atoms with Crippen LogP contribution in [0.2, 0.25) is 0 Å². The van der Waals surface area contributed by atoms with E-state index in [0.29, 0.717) is 6.04 Å². The van der Waals surface area contributed by atoms with E-state index in [4.69, 9.17) is 24.7 Å². The van der Waals surface area contributed by atoms with Gasteiger partial charge >= 0.3 is 17.9 Å². The van der Waals surface area contributed by atoms with E-state index in [1.807, 2.05) is 0 Å². The molecule has 0 radical (unpaired) electrons. The van der Waals surface area contributed by atoms with Gasteiger partial charge in [0.05, 0.1) is 25.9 Å². The highest BCUT2D eigenvalue weighted by Gasteiger charge is 2.55. The number of likely N-dealkylation sites (tertiary alicyclic amines) is 1. The van der Waals surface area contributed by atoms with Gasteiger partial charge in [-0.1, -0.05) is 0 Å². The highest BCUT2D eigenvalue weighted by molar-refractivity contribution is 6.04. The summed E-state index contributed by atoms with van der Waals surface area (Å²) < 4.78 is 21.8. The maximum absolute atomic E-state index is 13.1. The molecular formula is C24H44N2O7. The monoisotopic (exact) mass is 472 g/mol. The number of ether oxygens (including phenoxy) is 4. The normalized spacial score (nSPS) is 17.0. The number of carbonyl (C=O) groups is 3. The Morgan fingerprint density at radius 3 is 1.94 bits per heavy atom. The van der Waals surface area contributed by atoms with Gasteiger partial charge in [0.2, 0.25) is 0 Å². The number of nitrogens with zero attached hydrogens (tertiary/aromatic N) is 1. The van der Waals surface area contributed by atoms with E-state index >= 15 is 0 Å². The molecule has 1 heterocycles. The Labute approximate surface area is 198 Å². The van der Waals surface area contributed by atoms with E-state index < -0.39 is 35.2 Å². The van der Waals surface area contributed by atoms with Gasteiger partial charge in [-0.2, -0.15) is 0 Å². The number of rotatable bonds is 12. The molecule has 0 aromatic heterocycles. The van der Waals surface area contributed by atoms with Gasteiger partial charge in [0.15, 0.2) is 0 Å². The quantitative estimate of drug-likeness (QED) is 0.259. The van der Waals surface area contributed by atoms with Gasteiger partial charge in [-0.15, -0.1) is 0 Å². The van der Waals surface area contributed by atoms with Crippen LogP contribution in [0.4, 0.5) is 0 Å². The molecule has 1 aliphatic heterocycles. The molecule has 1 fully saturated rings. The molecule has 9 heteroatoms. The molecule has 33 heavy (non-hydrogen) atoms. The Morgan fingerprint density at radius 2 is 1.52 bits per heavy atom. The molecule has 0 saturated carbocycles. The highest BCUT2D eigenvalue weighted by atomic mass is 16.6. The predicted octanol–water partition coefficient (Wildman–Crippen LogP) is 2.44. The van der Waals surface area contributed by atoms with Gasteiger partial charge < -0.3 is 29.6 Å². The summed E-state index contributed by atoms with van der Waals surface area (Å²) in [6.45, 7) is 15.0. The Morgan fingerprint density at radius 1 is 1.00 bits per heavy atom. The van der Waals surface area contributed by atoms with Gasteiger partial charge in [0.25, 0.3) is 5.60 Å². The zero-order valence-corrected chi connectivity index (χ0v) is 21.5. The lowest BCUT2D eigenvalue weighted by Crippen LogP contribution is -2.63. The van der Waals surface area contributed by atoms with Crippen molar-refractivity contribution in [1.29, 1.82) is 0 Å². The van der Waals surface area contributed by atoms with Crippen molar-refractivity contribution in [3.8, 4) is 0 Å². The minimum atomic E-state index is -2.14. The van der Waals surface area contributed by atoms with Crippen molar-refractivity contribution in [2.24, 2.45) is 11.7 Å². The van der Waals surface area contributed by atoms with Crippen molar-refractivity contribution in [3.63, 3.8) is 0 Å². The predicted molar refractivity (Wildman–Crippen MR) is 124 cm³/mol. The molecule has 0 amide bonds. The van der Waals surface area contributed by atoms with Crippen LogP contribution >= 0.6 is 0 Å². The summed E-state index contributed by atoms with van der Waals surface area (Å²) in [6, 6.07) is -0.676. The number of piperidine rings is 1. The lowest BCUT2D eigenvalue weighted by atomic mass is 9.89. The molecule has 1 aliphatic rings. The third-order valence-corrected chi connectivity index (χ3v) is 5.69. The Hall–Kier alpha value is -1.71. The number of hydrogen-bond acceptors (Lipinski definition) is 9. The van der Waals surface area contributed by atoms with Crippen LogP contribution in [-0.2, 0) is 33.3 Å². The summed E-state index contributed by atoms with van der Waals surface area (Å²) in [6.07, 6.45) is 1.69. The smallest absolute Gasteiger partial charge is 0.352 e. The average molecular weight is 473 g/mol. The summed E-state index contributed by atoms with van der Waals surface area (Å²) in [5.41, 5.74) is 3.58. The van der Waals surface area contributed by atoms with Crippen molar-refractivity contribution in [3.05, 3.63) is 0 Å². The number of nitrogens with two attached hydrogens (primary N) is 1.